The molecule has 100 valence electrons. The molecule has 0 unspecified atom stereocenters. The Kier molecular flexibility index (Phi) is 3.59. The van der Waals surface area contributed by atoms with Crippen LogP contribution in [0.1, 0.15) is 5.69 Å². The maximum absolute atomic E-state index is 12.5. The average molecular weight is 268 g/mol. The molecule has 2 aromatic rings. The number of nitrogens with zero attached hydrogens (tertiary/aromatic N) is 1. The summed E-state index contributed by atoms with van der Waals surface area (Å²) in [5.41, 5.74) is -0.0961. The lowest BCUT2D eigenvalue weighted by Crippen LogP contribution is -2.07. The average Bonchev–Trinajstić information content (AvgIpc) is 2.39. The van der Waals surface area contributed by atoms with Crippen molar-refractivity contribution in [2.75, 3.05) is 12.4 Å². The molecule has 0 saturated carbocycles. The molecule has 2 rings (SSSR count). The summed E-state index contributed by atoms with van der Waals surface area (Å²) in [5.74, 6) is 0.331. The van der Waals surface area contributed by atoms with Gasteiger partial charge in [0.2, 0.25) is 5.88 Å². The van der Waals surface area contributed by atoms with Crippen LogP contribution in [-0.4, -0.2) is 12.0 Å². The van der Waals surface area contributed by atoms with Crippen molar-refractivity contribution in [1.29, 1.82) is 0 Å². The van der Waals surface area contributed by atoms with E-state index in [9.17, 15) is 13.2 Å². The first-order valence-corrected chi connectivity index (χ1v) is 5.49. The molecule has 1 aromatic carbocycles. The highest BCUT2D eigenvalue weighted by atomic mass is 19.4. The number of hydrogen-bond donors (Lipinski definition) is 1. The molecule has 0 atom stereocenters. The van der Waals surface area contributed by atoms with Crippen LogP contribution in [0.3, 0.4) is 0 Å². The molecule has 1 heterocycles. The molecule has 0 aliphatic heterocycles. The predicted octanol–water partition coefficient (Wildman–Crippen LogP) is 3.93. The zero-order valence-corrected chi connectivity index (χ0v) is 10.0. The monoisotopic (exact) mass is 268 g/mol. The fraction of sp³-hybridized carbons (Fsp3) is 0.154. The number of ether oxygens (including phenoxy) is 1. The molecule has 0 bridgehead atoms. The van der Waals surface area contributed by atoms with Gasteiger partial charge in [-0.15, -0.1) is 0 Å². The first-order chi connectivity index (χ1) is 8.99. The van der Waals surface area contributed by atoms with Gasteiger partial charge in [0.15, 0.2) is 0 Å². The Labute approximate surface area is 108 Å². The number of halogens is 3. The van der Waals surface area contributed by atoms with E-state index in [0.717, 1.165) is 11.8 Å². The van der Waals surface area contributed by atoms with Crippen molar-refractivity contribution in [2.24, 2.45) is 0 Å². The lowest BCUT2D eigenvalue weighted by molar-refractivity contribution is -0.141. The van der Waals surface area contributed by atoms with Crippen LogP contribution in [0.5, 0.6) is 11.6 Å². The molecular formula is C13H11F3N2O. The van der Waals surface area contributed by atoms with E-state index in [2.05, 4.69) is 10.3 Å². The first kappa shape index (κ1) is 13.2. The van der Waals surface area contributed by atoms with Gasteiger partial charge in [-0.25, -0.2) is 4.98 Å². The second-order valence-electron chi connectivity index (χ2n) is 3.74. The number of hydrogen-bond acceptors (Lipinski definition) is 3. The number of anilines is 1. The van der Waals surface area contributed by atoms with Crippen LogP contribution in [0.15, 0.2) is 42.5 Å². The van der Waals surface area contributed by atoms with E-state index in [4.69, 9.17) is 4.74 Å². The maximum atomic E-state index is 12.5. The van der Waals surface area contributed by atoms with Gasteiger partial charge in [-0.1, -0.05) is 6.07 Å². The lowest BCUT2D eigenvalue weighted by atomic mass is 10.3. The summed E-state index contributed by atoms with van der Waals surface area (Å²) in [5, 5.41) is 2.93. The van der Waals surface area contributed by atoms with E-state index in [1.807, 2.05) is 0 Å². The van der Waals surface area contributed by atoms with Crippen molar-refractivity contribution in [3.05, 3.63) is 48.2 Å². The van der Waals surface area contributed by atoms with Gasteiger partial charge in [-0.3, -0.25) is 0 Å². The zero-order valence-electron chi connectivity index (χ0n) is 10.0. The molecule has 0 radical (unpaired) electrons. The molecular weight excluding hydrogens is 257 g/mol. The largest absolute Gasteiger partial charge is 0.439 e. The highest BCUT2D eigenvalue weighted by Gasteiger charge is 2.32. The van der Waals surface area contributed by atoms with Crippen molar-refractivity contribution in [3.63, 3.8) is 0 Å². The number of rotatable bonds is 3. The Bertz CT molecular complexity index is 553. The fourth-order valence-electron chi connectivity index (χ4n) is 1.44. The standard InChI is InChI=1S/C13H11F3N2O/c1-17-9-5-7-10(8-6-9)19-12-4-2-3-11(18-12)13(14,15)16/h2-8,17H,1H3. The first-order valence-electron chi connectivity index (χ1n) is 5.49. The second kappa shape index (κ2) is 5.17. The molecule has 6 heteroatoms. The molecule has 19 heavy (non-hydrogen) atoms. The maximum Gasteiger partial charge on any atom is 0.433 e. The second-order valence-corrected chi connectivity index (χ2v) is 3.74. The van der Waals surface area contributed by atoms with Crippen molar-refractivity contribution < 1.29 is 17.9 Å². The van der Waals surface area contributed by atoms with Crippen LogP contribution in [0.2, 0.25) is 0 Å². The molecule has 0 fully saturated rings. The van der Waals surface area contributed by atoms with Gasteiger partial charge in [0.05, 0.1) is 0 Å². The summed E-state index contributed by atoms with van der Waals surface area (Å²) in [6, 6.07) is 10.3. The quantitative estimate of drug-likeness (QED) is 0.915. The normalized spacial score (nSPS) is 11.2. The summed E-state index contributed by atoms with van der Waals surface area (Å²) in [7, 11) is 1.77. The molecule has 0 amide bonds. The van der Waals surface area contributed by atoms with Gasteiger partial charge in [0.1, 0.15) is 11.4 Å². The van der Waals surface area contributed by atoms with E-state index < -0.39 is 11.9 Å². The van der Waals surface area contributed by atoms with Crippen molar-refractivity contribution in [2.45, 2.75) is 6.18 Å². The van der Waals surface area contributed by atoms with Gasteiger partial charge in [0, 0.05) is 18.8 Å². The summed E-state index contributed by atoms with van der Waals surface area (Å²) >= 11 is 0. The summed E-state index contributed by atoms with van der Waals surface area (Å²) < 4.78 is 42.7. The van der Waals surface area contributed by atoms with Gasteiger partial charge >= 0.3 is 6.18 Å². The summed E-state index contributed by atoms with van der Waals surface area (Å²) in [6.45, 7) is 0. The van der Waals surface area contributed by atoms with Gasteiger partial charge in [-0.05, 0) is 30.3 Å². The third-order valence-corrected chi connectivity index (χ3v) is 2.38. The SMILES string of the molecule is CNc1ccc(Oc2cccc(C(F)(F)F)n2)cc1. The van der Waals surface area contributed by atoms with Crippen molar-refractivity contribution >= 4 is 5.69 Å². The minimum absolute atomic E-state index is 0.0907. The topological polar surface area (TPSA) is 34.1 Å². The Morgan fingerprint density at radius 3 is 2.32 bits per heavy atom. The van der Waals surface area contributed by atoms with Gasteiger partial charge in [-0.2, -0.15) is 13.2 Å². The number of alkyl halides is 3. The molecule has 0 aliphatic rings. The predicted molar refractivity (Wildman–Crippen MR) is 65.3 cm³/mol. The van der Waals surface area contributed by atoms with Crippen LogP contribution < -0.4 is 10.1 Å². The smallest absolute Gasteiger partial charge is 0.433 e. The number of aromatic nitrogens is 1. The molecule has 0 aliphatic carbocycles. The Morgan fingerprint density at radius 2 is 1.74 bits per heavy atom. The van der Waals surface area contributed by atoms with Crippen LogP contribution in [0.25, 0.3) is 0 Å². The van der Waals surface area contributed by atoms with Crippen molar-refractivity contribution in [1.82, 2.24) is 4.98 Å². The number of benzene rings is 1. The van der Waals surface area contributed by atoms with Crippen LogP contribution in [0, 0.1) is 0 Å². The van der Waals surface area contributed by atoms with E-state index in [1.54, 1.807) is 31.3 Å². The lowest BCUT2D eigenvalue weighted by Gasteiger charge is -2.09. The summed E-state index contributed by atoms with van der Waals surface area (Å²) in [4.78, 5) is 3.42. The van der Waals surface area contributed by atoms with Crippen LogP contribution in [0.4, 0.5) is 18.9 Å². The molecule has 1 N–H and O–H groups in total. The number of nitrogens with one attached hydrogen (secondary N) is 1. The third-order valence-electron chi connectivity index (χ3n) is 2.38. The van der Waals surface area contributed by atoms with E-state index in [0.29, 0.717) is 5.75 Å². The van der Waals surface area contributed by atoms with E-state index in [-0.39, 0.29) is 5.88 Å². The minimum atomic E-state index is -4.48. The highest BCUT2D eigenvalue weighted by Crippen LogP contribution is 2.29. The Balaban J connectivity index is 2.18. The van der Waals surface area contributed by atoms with Crippen molar-refractivity contribution in [3.8, 4) is 11.6 Å². The molecule has 1 aromatic heterocycles. The minimum Gasteiger partial charge on any atom is -0.439 e. The number of pyridine rings is 1. The third kappa shape index (κ3) is 3.37. The molecule has 0 saturated heterocycles. The molecule has 3 nitrogen and oxygen atoms in total. The van der Waals surface area contributed by atoms with E-state index >= 15 is 0 Å². The highest BCUT2D eigenvalue weighted by molar-refractivity contribution is 5.46. The Morgan fingerprint density at radius 1 is 1.05 bits per heavy atom. The van der Waals surface area contributed by atoms with Gasteiger partial charge in [0.25, 0.3) is 0 Å². The van der Waals surface area contributed by atoms with E-state index in [1.165, 1.54) is 12.1 Å². The van der Waals surface area contributed by atoms with Crippen LogP contribution in [-0.2, 0) is 6.18 Å². The fourth-order valence-corrected chi connectivity index (χ4v) is 1.44. The molecule has 0 spiro atoms. The van der Waals surface area contributed by atoms with Gasteiger partial charge < -0.3 is 10.1 Å². The zero-order chi connectivity index (χ0) is 13.9. The Hall–Kier alpha value is -2.24. The summed E-state index contributed by atoms with van der Waals surface area (Å²) in [6.07, 6.45) is -4.48. The van der Waals surface area contributed by atoms with Crippen LogP contribution >= 0.6 is 0 Å².